The average molecular weight is 338 g/mol. The molecule has 0 amide bonds. The minimum atomic E-state index is -2.65. The molecule has 1 unspecified atom stereocenters. The van der Waals surface area contributed by atoms with Crippen molar-refractivity contribution in [1.82, 2.24) is 0 Å². The smallest absolute Gasteiger partial charge is 0.455 e. The summed E-state index contributed by atoms with van der Waals surface area (Å²) in [4.78, 5) is 0. The van der Waals surface area contributed by atoms with Gasteiger partial charge in [0.15, 0.2) is 17.4 Å². The van der Waals surface area contributed by atoms with Crippen LogP contribution in [0.1, 0.15) is 32.6 Å². The minimum absolute atomic E-state index is 0.293. The first-order valence-corrected chi connectivity index (χ1v) is 14.6. The number of rotatable bonds is 11. The van der Waals surface area contributed by atoms with Crippen LogP contribution >= 0.6 is 0 Å². The van der Waals surface area contributed by atoms with E-state index in [0.717, 1.165) is 6.42 Å². The summed E-state index contributed by atoms with van der Waals surface area (Å²) in [5, 5.41) is 0.293. The van der Waals surface area contributed by atoms with Crippen molar-refractivity contribution in [1.29, 1.82) is 0 Å². The Bertz CT molecular complexity index is 250. The zero-order valence-electron chi connectivity index (χ0n) is 14.5. The van der Waals surface area contributed by atoms with Crippen LogP contribution in [-0.4, -0.2) is 47.5 Å². The van der Waals surface area contributed by atoms with Crippen LogP contribution in [0.4, 0.5) is 0 Å². The molecule has 121 valence electrons. The molecular formula is C13H33O4Si3. The zero-order chi connectivity index (χ0) is 15.8. The molecule has 1 radical (unpaired) electrons. The summed E-state index contributed by atoms with van der Waals surface area (Å²) in [6.07, 6.45) is 4.71. The highest BCUT2D eigenvalue weighted by Gasteiger charge is 2.55. The van der Waals surface area contributed by atoms with Crippen molar-refractivity contribution in [3.63, 3.8) is 0 Å². The molecule has 0 bridgehead atoms. The SMILES string of the molecule is CCCCCC([Si](C)(C)O[Si](C)C)[Si](OC)(OC)OC. The molecule has 0 aromatic heterocycles. The lowest BCUT2D eigenvalue weighted by Gasteiger charge is -2.41. The summed E-state index contributed by atoms with van der Waals surface area (Å²) in [6.45, 7) is 11.2. The second kappa shape index (κ2) is 9.50. The fourth-order valence-electron chi connectivity index (χ4n) is 2.82. The second-order valence-corrected chi connectivity index (χ2v) is 16.1. The Morgan fingerprint density at radius 3 is 1.80 bits per heavy atom. The highest BCUT2D eigenvalue weighted by atomic mass is 28.5. The van der Waals surface area contributed by atoms with Gasteiger partial charge in [0.05, 0.1) is 0 Å². The van der Waals surface area contributed by atoms with Gasteiger partial charge < -0.3 is 17.4 Å². The molecule has 0 N–H and O–H groups in total. The Kier molecular flexibility index (Phi) is 9.73. The van der Waals surface area contributed by atoms with Gasteiger partial charge in [-0.1, -0.05) is 26.2 Å². The summed E-state index contributed by atoms with van der Waals surface area (Å²) in [5.74, 6) is 0. The van der Waals surface area contributed by atoms with E-state index < -0.39 is 26.2 Å². The Balaban J connectivity index is 5.23. The van der Waals surface area contributed by atoms with Crippen molar-refractivity contribution >= 4 is 26.2 Å². The van der Waals surface area contributed by atoms with E-state index in [1.54, 1.807) is 21.3 Å². The molecule has 0 rings (SSSR count). The lowest BCUT2D eigenvalue weighted by Crippen LogP contribution is -2.58. The van der Waals surface area contributed by atoms with E-state index in [4.69, 9.17) is 17.4 Å². The van der Waals surface area contributed by atoms with Crippen LogP contribution < -0.4 is 0 Å². The predicted octanol–water partition coefficient (Wildman–Crippen LogP) is 3.83. The normalized spacial score (nSPS) is 14.8. The molecule has 7 heteroatoms. The molecule has 0 aliphatic carbocycles. The first-order chi connectivity index (χ1) is 9.29. The van der Waals surface area contributed by atoms with Crippen LogP contribution in [0, 0.1) is 0 Å². The van der Waals surface area contributed by atoms with Crippen LogP contribution in [0.5, 0.6) is 0 Å². The minimum Gasteiger partial charge on any atom is -0.455 e. The quantitative estimate of drug-likeness (QED) is 0.424. The maximum atomic E-state index is 6.38. The van der Waals surface area contributed by atoms with E-state index in [1.165, 1.54) is 19.3 Å². The van der Waals surface area contributed by atoms with Gasteiger partial charge in [-0.15, -0.1) is 0 Å². The molecule has 0 aromatic carbocycles. The van der Waals surface area contributed by atoms with Gasteiger partial charge in [-0.3, -0.25) is 0 Å². The number of hydrogen-bond donors (Lipinski definition) is 0. The standard InChI is InChI=1S/C13H33O4Si3/c1-9-10-11-12-13(19(7,8)17-18(5)6)20(14-2,15-3)16-4/h13H,9-12H2,1-8H3. The Hall–Kier alpha value is 0.491. The highest BCUT2D eigenvalue weighted by molar-refractivity contribution is 6.90. The van der Waals surface area contributed by atoms with Gasteiger partial charge in [0, 0.05) is 26.5 Å². The molecular weight excluding hydrogens is 304 g/mol. The second-order valence-electron chi connectivity index (χ2n) is 5.88. The molecule has 0 aliphatic heterocycles. The first kappa shape index (κ1) is 20.5. The number of unbranched alkanes of at least 4 members (excludes halogenated alkanes) is 2. The number of hydrogen-bond acceptors (Lipinski definition) is 4. The van der Waals surface area contributed by atoms with Crippen molar-refractivity contribution in [2.45, 2.75) is 64.0 Å². The molecule has 0 spiro atoms. The van der Waals surface area contributed by atoms with Gasteiger partial charge in [0.2, 0.25) is 0 Å². The molecule has 0 fully saturated rings. The Morgan fingerprint density at radius 2 is 1.45 bits per heavy atom. The summed E-state index contributed by atoms with van der Waals surface area (Å²) in [6, 6.07) is 0. The maximum absolute atomic E-state index is 6.38. The van der Waals surface area contributed by atoms with Crippen LogP contribution in [0.3, 0.4) is 0 Å². The molecule has 1 atom stereocenters. The fraction of sp³-hybridized carbons (Fsp3) is 1.00. The van der Waals surface area contributed by atoms with E-state index in [1.807, 2.05) is 0 Å². The average Bonchev–Trinajstić information content (AvgIpc) is 2.37. The third-order valence-corrected chi connectivity index (χ3v) is 15.4. The van der Waals surface area contributed by atoms with Crippen LogP contribution in [-0.2, 0) is 17.4 Å². The van der Waals surface area contributed by atoms with Gasteiger partial charge in [-0.05, 0) is 32.6 Å². The monoisotopic (exact) mass is 337 g/mol. The fourth-order valence-corrected chi connectivity index (χ4v) is 15.4. The molecule has 0 heterocycles. The van der Waals surface area contributed by atoms with Crippen LogP contribution in [0.2, 0.25) is 31.4 Å². The van der Waals surface area contributed by atoms with E-state index >= 15 is 0 Å². The molecule has 0 saturated heterocycles. The highest BCUT2D eigenvalue weighted by Crippen LogP contribution is 2.38. The van der Waals surface area contributed by atoms with Crippen molar-refractivity contribution in [3.05, 3.63) is 0 Å². The van der Waals surface area contributed by atoms with E-state index in [9.17, 15) is 0 Å². The van der Waals surface area contributed by atoms with E-state index in [-0.39, 0.29) is 0 Å². The largest absolute Gasteiger partial charge is 0.502 e. The molecule has 0 aliphatic rings. The molecule has 0 saturated carbocycles. The van der Waals surface area contributed by atoms with Crippen LogP contribution in [0.15, 0.2) is 0 Å². The van der Waals surface area contributed by atoms with Gasteiger partial charge in [-0.2, -0.15) is 0 Å². The molecule has 4 nitrogen and oxygen atoms in total. The third kappa shape index (κ3) is 5.70. The summed E-state index contributed by atoms with van der Waals surface area (Å²) < 4.78 is 23.7. The Morgan fingerprint density at radius 1 is 0.950 bits per heavy atom. The molecule has 20 heavy (non-hydrogen) atoms. The lowest BCUT2D eigenvalue weighted by atomic mass is 10.2. The van der Waals surface area contributed by atoms with Crippen LogP contribution in [0.25, 0.3) is 0 Å². The van der Waals surface area contributed by atoms with Crippen molar-refractivity contribution < 1.29 is 17.4 Å². The first-order valence-electron chi connectivity index (χ1n) is 7.44. The van der Waals surface area contributed by atoms with Crippen molar-refractivity contribution in [2.24, 2.45) is 0 Å². The summed E-state index contributed by atoms with van der Waals surface area (Å²) >= 11 is 0. The maximum Gasteiger partial charge on any atom is 0.502 e. The lowest BCUT2D eigenvalue weighted by molar-refractivity contribution is 0.116. The van der Waals surface area contributed by atoms with Gasteiger partial charge in [-0.25, -0.2) is 0 Å². The van der Waals surface area contributed by atoms with E-state index in [2.05, 4.69) is 33.1 Å². The third-order valence-electron chi connectivity index (χ3n) is 3.68. The summed E-state index contributed by atoms with van der Waals surface area (Å²) in [7, 11) is -0.165. The van der Waals surface area contributed by atoms with Crippen molar-refractivity contribution in [2.75, 3.05) is 21.3 Å². The predicted molar refractivity (Wildman–Crippen MR) is 90.7 cm³/mol. The molecule has 0 aromatic rings. The Labute approximate surface area is 129 Å². The van der Waals surface area contributed by atoms with Crippen molar-refractivity contribution in [3.8, 4) is 0 Å². The van der Waals surface area contributed by atoms with Gasteiger partial charge >= 0.3 is 8.80 Å². The van der Waals surface area contributed by atoms with Gasteiger partial charge in [0.25, 0.3) is 0 Å². The zero-order valence-corrected chi connectivity index (χ0v) is 17.5. The summed E-state index contributed by atoms with van der Waals surface area (Å²) in [5.41, 5.74) is 0. The van der Waals surface area contributed by atoms with Gasteiger partial charge in [0.1, 0.15) is 0 Å². The topological polar surface area (TPSA) is 36.9 Å². The van der Waals surface area contributed by atoms with E-state index in [0.29, 0.717) is 5.16 Å².